The van der Waals surface area contributed by atoms with Gasteiger partial charge in [0, 0.05) is 11.8 Å². The number of halogens is 1. The number of benzene rings is 1. The van der Waals surface area contributed by atoms with Crippen LogP contribution in [0, 0.1) is 32.8 Å². The van der Waals surface area contributed by atoms with Gasteiger partial charge >= 0.3 is 5.97 Å². The fraction of sp³-hybridized carbons (Fsp3) is 0.231. The first-order chi connectivity index (χ1) is 10.3. The fourth-order valence-electron chi connectivity index (χ4n) is 1.49. The molecule has 1 aromatic carbocycles. The maximum Gasteiger partial charge on any atom is 0.338 e. The van der Waals surface area contributed by atoms with E-state index in [2.05, 4.69) is 15.9 Å². The minimum atomic E-state index is -1.27. The molecule has 22 heavy (non-hydrogen) atoms. The van der Waals surface area contributed by atoms with Gasteiger partial charge in [0.2, 0.25) is 0 Å². The molecule has 0 heterocycles. The van der Waals surface area contributed by atoms with Gasteiger partial charge in [-0.15, -0.1) is 0 Å². The summed E-state index contributed by atoms with van der Waals surface area (Å²) in [4.78, 5) is 33.5. The number of nitrogens with one attached hydrogen (secondary N) is 1. The molecule has 0 fully saturated rings. The molecule has 0 aliphatic rings. The number of nitriles is 1. The van der Waals surface area contributed by atoms with Gasteiger partial charge in [0.25, 0.3) is 5.69 Å². The summed E-state index contributed by atoms with van der Waals surface area (Å²) in [6.45, 7) is 0.614. The van der Waals surface area contributed by atoms with Crippen molar-refractivity contribution in [1.29, 1.82) is 10.7 Å². The molecule has 8 nitrogen and oxygen atoms in total. The Hall–Kier alpha value is -2.60. The minimum absolute atomic E-state index is 0.0946. The number of carbonyl (C=O) groups excluding carboxylic acids is 2. The standard InChI is InChI=1S/C13H10BrN3O5/c1-7(16)9(5-15)12(18)6-22-13(19)8-2-3-10(14)11(4-8)17(20)21/h2-4,9,16H,6H2,1H3. The molecule has 0 saturated carbocycles. The quantitative estimate of drug-likeness (QED) is 0.354. The van der Waals surface area contributed by atoms with E-state index in [1.54, 1.807) is 6.07 Å². The Morgan fingerprint density at radius 1 is 1.55 bits per heavy atom. The van der Waals surface area contributed by atoms with E-state index >= 15 is 0 Å². The lowest BCUT2D eigenvalue weighted by atomic mass is 10.0. The molecule has 114 valence electrons. The van der Waals surface area contributed by atoms with E-state index in [0.29, 0.717) is 0 Å². The van der Waals surface area contributed by atoms with Gasteiger partial charge in [-0.1, -0.05) is 0 Å². The maximum atomic E-state index is 11.8. The number of hydrogen-bond acceptors (Lipinski definition) is 7. The minimum Gasteiger partial charge on any atom is -0.454 e. The molecule has 1 N–H and O–H groups in total. The molecule has 0 aliphatic heterocycles. The van der Waals surface area contributed by atoms with Gasteiger partial charge in [0.05, 0.1) is 21.0 Å². The first-order valence-electron chi connectivity index (χ1n) is 5.86. The van der Waals surface area contributed by atoms with Crippen LogP contribution in [0.4, 0.5) is 5.69 Å². The van der Waals surface area contributed by atoms with Crippen molar-refractivity contribution < 1.29 is 19.2 Å². The molecular weight excluding hydrogens is 358 g/mol. The smallest absolute Gasteiger partial charge is 0.338 e. The lowest BCUT2D eigenvalue weighted by Gasteiger charge is -2.07. The fourth-order valence-corrected chi connectivity index (χ4v) is 1.88. The monoisotopic (exact) mass is 367 g/mol. The van der Waals surface area contributed by atoms with Crippen LogP contribution in [0.5, 0.6) is 0 Å². The molecule has 0 spiro atoms. The van der Waals surface area contributed by atoms with Gasteiger partial charge in [-0.05, 0) is 35.0 Å². The second-order valence-corrected chi connectivity index (χ2v) is 5.07. The highest BCUT2D eigenvalue weighted by molar-refractivity contribution is 9.10. The lowest BCUT2D eigenvalue weighted by Crippen LogP contribution is -2.25. The predicted octanol–water partition coefficient (Wildman–Crippen LogP) is 2.26. The zero-order valence-electron chi connectivity index (χ0n) is 11.3. The zero-order chi connectivity index (χ0) is 16.9. The molecular formula is C13H10BrN3O5. The van der Waals surface area contributed by atoms with Gasteiger partial charge in [0.1, 0.15) is 5.92 Å². The number of Topliss-reactive ketones (excluding diaryl/α,β-unsaturated/α-hetero) is 1. The van der Waals surface area contributed by atoms with Crippen LogP contribution >= 0.6 is 15.9 Å². The average Bonchev–Trinajstić information content (AvgIpc) is 2.45. The van der Waals surface area contributed by atoms with Crippen LogP contribution in [0.25, 0.3) is 0 Å². The Bertz CT molecular complexity index is 695. The van der Waals surface area contributed by atoms with E-state index in [4.69, 9.17) is 15.4 Å². The summed E-state index contributed by atoms with van der Waals surface area (Å²) in [5.74, 6) is -2.93. The highest BCUT2D eigenvalue weighted by Crippen LogP contribution is 2.25. The SMILES string of the molecule is CC(=N)C(C#N)C(=O)COC(=O)c1ccc(Br)c([N+](=O)[O-])c1. The summed E-state index contributed by atoms with van der Waals surface area (Å²) < 4.78 is 4.93. The van der Waals surface area contributed by atoms with Crippen molar-refractivity contribution >= 4 is 39.1 Å². The van der Waals surface area contributed by atoms with Crippen molar-refractivity contribution in [2.75, 3.05) is 6.61 Å². The van der Waals surface area contributed by atoms with Gasteiger partial charge < -0.3 is 10.1 Å². The van der Waals surface area contributed by atoms with Gasteiger partial charge in [-0.2, -0.15) is 5.26 Å². The topological polar surface area (TPSA) is 134 Å². The van der Waals surface area contributed by atoms with E-state index in [1.165, 1.54) is 19.1 Å². The molecule has 1 unspecified atom stereocenters. The molecule has 1 rings (SSSR count). The highest BCUT2D eigenvalue weighted by Gasteiger charge is 2.22. The van der Waals surface area contributed by atoms with E-state index in [1.807, 2.05) is 0 Å². The third kappa shape index (κ3) is 4.20. The number of nitrogens with zero attached hydrogens (tertiary/aromatic N) is 2. The molecule has 1 atom stereocenters. The van der Waals surface area contributed by atoms with Crippen LogP contribution < -0.4 is 0 Å². The van der Waals surface area contributed by atoms with Gasteiger partial charge in [-0.3, -0.25) is 14.9 Å². The summed E-state index contributed by atoms with van der Waals surface area (Å²) in [7, 11) is 0. The second kappa shape index (κ2) is 7.42. The Kier molecular flexibility index (Phi) is 5.89. The van der Waals surface area contributed by atoms with E-state index in [0.717, 1.165) is 6.07 Å². The molecule has 0 radical (unpaired) electrons. The molecule has 0 aliphatic carbocycles. The Balaban J connectivity index is 2.81. The van der Waals surface area contributed by atoms with Gasteiger partial charge in [-0.25, -0.2) is 4.79 Å². The van der Waals surface area contributed by atoms with Crippen molar-refractivity contribution in [3.63, 3.8) is 0 Å². The van der Waals surface area contributed by atoms with E-state index in [-0.39, 0.29) is 21.4 Å². The van der Waals surface area contributed by atoms with Crippen molar-refractivity contribution in [1.82, 2.24) is 0 Å². The van der Waals surface area contributed by atoms with Crippen molar-refractivity contribution in [2.24, 2.45) is 5.92 Å². The van der Waals surface area contributed by atoms with Crippen LogP contribution in [0.1, 0.15) is 17.3 Å². The number of ether oxygens (including phenoxy) is 1. The maximum absolute atomic E-state index is 11.8. The molecule has 0 amide bonds. The Morgan fingerprint density at radius 2 is 2.18 bits per heavy atom. The zero-order valence-corrected chi connectivity index (χ0v) is 12.9. The summed E-state index contributed by atoms with van der Waals surface area (Å²) in [5, 5.41) is 26.8. The van der Waals surface area contributed by atoms with Crippen LogP contribution in [0.3, 0.4) is 0 Å². The lowest BCUT2D eigenvalue weighted by molar-refractivity contribution is -0.385. The number of nitro benzene ring substituents is 1. The summed E-state index contributed by atoms with van der Waals surface area (Å²) in [5.41, 5.74) is -0.559. The molecule has 0 saturated heterocycles. The van der Waals surface area contributed by atoms with Crippen molar-refractivity contribution in [3.8, 4) is 6.07 Å². The van der Waals surface area contributed by atoms with Crippen LogP contribution in [-0.2, 0) is 9.53 Å². The number of carbonyl (C=O) groups is 2. The van der Waals surface area contributed by atoms with E-state index < -0.39 is 29.2 Å². The third-order valence-electron chi connectivity index (χ3n) is 2.61. The number of esters is 1. The number of nitro groups is 1. The van der Waals surface area contributed by atoms with Crippen LogP contribution in [0.2, 0.25) is 0 Å². The number of rotatable bonds is 6. The Labute approximate surface area is 133 Å². The van der Waals surface area contributed by atoms with E-state index in [9.17, 15) is 19.7 Å². The number of ketones is 1. The van der Waals surface area contributed by atoms with Crippen LogP contribution in [0.15, 0.2) is 22.7 Å². The molecule has 0 aromatic heterocycles. The molecule has 0 bridgehead atoms. The summed E-state index contributed by atoms with van der Waals surface area (Å²) >= 11 is 2.98. The molecule has 9 heteroatoms. The van der Waals surface area contributed by atoms with Gasteiger partial charge in [0.15, 0.2) is 12.4 Å². The average molecular weight is 368 g/mol. The Morgan fingerprint density at radius 3 is 2.68 bits per heavy atom. The van der Waals surface area contributed by atoms with Crippen molar-refractivity contribution in [2.45, 2.75) is 6.92 Å². The van der Waals surface area contributed by atoms with Crippen LogP contribution in [-0.4, -0.2) is 29.0 Å². The van der Waals surface area contributed by atoms with Crippen molar-refractivity contribution in [3.05, 3.63) is 38.3 Å². The molecule has 1 aromatic rings. The first kappa shape index (κ1) is 17.5. The third-order valence-corrected chi connectivity index (χ3v) is 3.28. The second-order valence-electron chi connectivity index (χ2n) is 4.21. The summed E-state index contributed by atoms with van der Waals surface area (Å²) in [6.07, 6.45) is 0. The normalized spacial score (nSPS) is 11.1. The highest BCUT2D eigenvalue weighted by atomic mass is 79.9. The number of hydrogen-bond donors (Lipinski definition) is 1. The largest absolute Gasteiger partial charge is 0.454 e. The summed E-state index contributed by atoms with van der Waals surface area (Å²) in [6, 6.07) is 5.26. The predicted molar refractivity (Wildman–Crippen MR) is 78.6 cm³/mol. The first-order valence-corrected chi connectivity index (χ1v) is 6.65.